The summed E-state index contributed by atoms with van der Waals surface area (Å²) >= 11 is 5.73. The molecule has 1 aromatic carbocycles. The molecule has 1 fully saturated rings. The summed E-state index contributed by atoms with van der Waals surface area (Å²) < 4.78 is 13.2. The highest BCUT2D eigenvalue weighted by Crippen LogP contribution is 2.32. The highest BCUT2D eigenvalue weighted by atomic mass is 35.5. The number of amides is 1. The minimum atomic E-state index is -1.40. The Morgan fingerprint density at radius 1 is 1.41 bits per heavy atom. The fourth-order valence-corrected chi connectivity index (χ4v) is 1.59. The van der Waals surface area contributed by atoms with Gasteiger partial charge in [-0.1, -0.05) is 11.6 Å². The molecule has 0 unspecified atom stereocenters. The Bertz CT molecular complexity index is 500. The molecule has 0 aliphatic heterocycles. The Balaban J connectivity index is 2.29. The number of aromatic carboxylic acids is 1. The molecule has 0 aromatic heterocycles. The zero-order valence-electron chi connectivity index (χ0n) is 8.67. The molecule has 1 saturated carbocycles. The Morgan fingerprint density at radius 3 is 2.59 bits per heavy atom. The van der Waals surface area contributed by atoms with E-state index in [1.807, 2.05) is 0 Å². The number of nitrogens with one attached hydrogen (secondary N) is 1. The molecule has 1 aromatic rings. The number of halogens is 2. The average Bonchev–Trinajstić information content (AvgIpc) is 3.04. The molecule has 6 heteroatoms. The van der Waals surface area contributed by atoms with Crippen molar-refractivity contribution in [2.24, 2.45) is 5.92 Å². The van der Waals surface area contributed by atoms with Gasteiger partial charge >= 0.3 is 5.97 Å². The normalized spacial score (nSPS) is 14.5. The number of hydrogen-bond acceptors (Lipinski definition) is 2. The van der Waals surface area contributed by atoms with E-state index >= 15 is 0 Å². The van der Waals surface area contributed by atoms with E-state index in [2.05, 4.69) is 5.32 Å². The van der Waals surface area contributed by atoms with Crippen molar-refractivity contribution >= 4 is 29.2 Å². The molecular weight excluding hydrogens is 249 g/mol. The van der Waals surface area contributed by atoms with Crippen LogP contribution in [-0.4, -0.2) is 17.0 Å². The highest BCUT2D eigenvalue weighted by Gasteiger charge is 2.30. The van der Waals surface area contributed by atoms with Crippen molar-refractivity contribution in [2.75, 3.05) is 5.32 Å². The quantitative estimate of drug-likeness (QED) is 0.874. The molecule has 2 N–H and O–H groups in total. The average molecular weight is 258 g/mol. The van der Waals surface area contributed by atoms with Gasteiger partial charge in [0.15, 0.2) is 0 Å². The van der Waals surface area contributed by atoms with Crippen molar-refractivity contribution in [3.63, 3.8) is 0 Å². The van der Waals surface area contributed by atoms with E-state index in [9.17, 15) is 14.0 Å². The molecule has 0 spiro atoms. The maximum absolute atomic E-state index is 13.2. The first-order chi connectivity index (χ1) is 7.99. The summed E-state index contributed by atoms with van der Waals surface area (Å²) in [6.45, 7) is 0. The van der Waals surface area contributed by atoms with Crippen LogP contribution >= 0.6 is 11.6 Å². The van der Waals surface area contributed by atoms with Crippen molar-refractivity contribution in [3.8, 4) is 0 Å². The van der Waals surface area contributed by atoms with Crippen LogP contribution in [0.1, 0.15) is 23.2 Å². The Kier molecular flexibility index (Phi) is 3.02. The summed E-state index contributed by atoms with van der Waals surface area (Å²) in [4.78, 5) is 22.2. The number of carbonyl (C=O) groups excluding carboxylic acids is 1. The van der Waals surface area contributed by atoms with Crippen LogP contribution in [0.25, 0.3) is 0 Å². The summed E-state index contributed by atoms with van der Waals surface area (Å²) in [6.07, 6.45) is 1.63. The molecule has 0 radical (unpaired) electrons. The van der Waals surface area contributed by atoms with Gasteiger partial charge in [-0.15, -0.1) is 0 Å². The minimum absolute atomic E-state index is 0.0125. The first-order valence-corrected chi connectivity index (χ1v) is 5.40. The summed E-state index contributed by atoms with van der Waals surface area (Å²) in [5, 5.41) is 11.2. The second kappa shape index (κ2) is 4.33. The molecular formula is C11H9ClFNO3. The van der Waals surface area contributed by atoms with Crippen molar-refractivity contribution in [3.05, 3.63) is 28.5 Å². The lowest BCUT2D eigenvalue weighted by Crippen LogP contribution is -2.14. The molecule has 0 heterocycles. The topological polar surface area (TPSA) is 66.4 Å². The SMILES string of the molecule is O=C(O)c1cc(NC(=O)C2CC2)c(Cl)cc1F. The first-order valence-electron chi connectivity index (χ1n) is 5.02. The van der Waals surface area contributed by atoms with E-state index < -0.39 is 17.3 Å². The van der Waals surface area contributed by atoms with Crippen LogP contribution in [0.4, 0.5) is 10.1 Å². The molecule has 0 bridgehead atoms. The van der Waals surface area contributed by atoms with Gasteiger partial charge < -0.3 is 10.4 Å². The molecule has 0 saturated heterocycles. The van der Waals surface area contributed by atoms with Crippen LogP contribution in [0.2, 0.25) is 5.02 Å². The zero-order chi connectivity index (χ0) is 12.6. The monoisotopic (exact) mass is 257 g/mol. The predicted octanol–water partition coefficient (Wildman–Crippen LogP) is 2.53. The third-order valence-electron chi connectivity index (χ3n) is 2.49. The molecule has 90 valence electrons. The van der Waals surface area contributed by atoms with Crippen LogP contribution in [0, 0.1) is 11.7 Å². The fraction of sp³-hybridized carbons (Fsp3) is 0.273. The lowest BCUT2D eigenvalue weighted by molar-refractivity contribution is -0.117. The number of rotatable bonds is 3. The van der Waals surface area contributed by atoms with Gasteiger partial charge in [-0.2, -0.15) is 0 Å². The molecule has 17 heavy (non-hydrogen) atoms. The van der Waals surface area contributed by atoms with Gasteiger partial charge in [0.05, 0.1) is 16.3 Å². The number of carboxylic acids is 1. The molecule has 0 atom stereocenters. The maximum Gasteiger partial charge on any atom is 0.338 e. The van der Waals surface area contributed by atoms with Gasteiger partial charge in [-0.3, -0.25) is 4.79 Å². The summed E-state index contributed by atoms with van der Waals surface area (Å²) in [5.41, 5.74) is -0.386. The Hall–Kier alpha value is -1.62. The third-order valence-corrected chi connectivity index (χ3v) is 2.81. The zero-order valence-corrected chi connectivity index (χ0v) is 9.42. The van der Waals surface area contributed by atoms with E-state index in [0.29, 0.717) is 0 Å². The van der Waals surface area contributed by atoms with Gasteiger partial charge in [-0.25, -0.2) is 9.18 Å². The second-order valence-corrected chi connectivity index (χ2v) is 4.29. The lowest BCUT2D eigenvalue weighted by Gasteiger charge is -2.08. The summed E-state index contributed by atoms with van der Waals surface area (Å²) in [7, 11) is 0. The van der Waals surface area contributed by atoms with Crippen LogP contribution in [0.15, 0.2) is 12.1 Å². The van der Waals surface area contributed by atoms with Gasteiger partial charge in [0.2, 0.25) is 5.91 Å². The minimum Gasteiger partial charge on any atom is -0.478 e. The van der Waals surface area contributed by atoms with Crippen molar-refractivity contribution in [2.45, 2.75) is 12.8 Å². The predicted molar refractivity (Wildman–Crippen MR) is 59.7 cm³/mol. The van der Waals surface area contributed by atoms with E-state index in [-0.39, 0.29) is 22.5 Å². The fourth-order valence-electron chi connectivity index (χ4n) is 1.39. The number of benzene rings is 1. The Morgan fingerprint density at radius 2 is 2.06 bits per heavy atom. The van der Waals surface area contributed by atoms with Crippen molar-refractivity contribution in [1.82, 2.24) is 0 Å². The third kappa shape index (κ3) is 2.55. The van der Waals surface area contributed by atoms with Crippen LogP contribution in [0.5, 0.6) is 0 Å². The smallest absolute Gasteiger partial charge is 0.338 e. The van der Waals surface area contributed by atoms with Crippen molar-refractivity contribution < 1.29 is 19.1 Å². The van der Waals surface area contributed by atoms with Crippen LogP contribution < -0.4 is 5.32 Å². The largest absolute Gasteiger partial charge is 0.478 e. The summed E-state index contributed by atoms with van der Waals surface area (Å²) in [5.74, 6) is -2.58. The highest BCUT2D eigenvalue weighted by molar-refractivity contribution is 6.34. The van der Waals surface area contributed by atoms with Gasteiger partial charge in [-0.05, 0) is 25.0 Å². The number of anilines is 1. The van der Waals surface area contributed by atoms with Crippen LogP contribution in [0.3, 0.4) is 0 Å². The summed E-state index contributed by atoms with van der Waals surface area (Å²) in [6, 6.07) is 1.91. The second-order valence-electron chi connectivity index (χ2n) is 3.88. The number of carboxylic acid groups (broad SMARTS) is 1. The maximum atomic E-state index is 13.2. The molecule has 1 aliphatic rings. The van der Waals surface area contributed by atoms with E-state index in [4.69, 9.17) is 16.7 Å². The van der Waals surface area contributed by atoms with E-state index in [1.54, 1.807) is 0 Å². The number of carbonyl (C=O) groups is 2. The van der Waals surface area contributed by atoms with Gasteiger partial charge in [0.25, 0.3) is 0 Å². The standard InChI is InChI=1S/C11H9ClFNO3/c12-7-4-8(13)6(11(16)17)3-9(7)14-10(15)5-1-2-5/h3-5H,1-2H2,(H,14,15)(H,16,17). The van der Waals surface area contributed by atoms with Crippen LogP contribution in [-0.2, 0) is 4.79 Å². The number of hydrogen-bond donors (Lipinski definition) is 2. The molecule has 4 nitrogen and oxygen atoms in total. The molecule has 1 amide bonds. The van der Waals surface area contributed by atoms with Gasteiger partial charge in [0, 0.05) is 5.92 Å². The van der Waals surface area contributed by atoms with Crippen molar-refractivity contribution in [1.29, 1.82) is 0 Å². The Labute approximate surface area is 101 Å². The van der Waals surface area contributed by atoms with E-state index in [0.717, 1.165) is 25.0 Å². The molecule has 1 aliphatic carbocycles. The van der Waals surface area contributed by atoms with E-state index in [1.165, 1.54) is 0 Å². The molecule has 2 rings (SSSR count). The lowest BCUT2D eigenvalue weighted by atomic mass is 10.2. The van der Waals surface area contributed by atoms with Gasteiger partial charge in [0.1, 0.15) is 5.82 Å². The first kappa shape index (κ1) is 11.9.